The van der Waals surface area contributed by atoms with Gasteiger partial charge in [-0.3, -0.25) is 9.48 Å². The van der Waals surface area contributed by atoms with E-state index in [-0.39, 0.29) is 24.2 Å². The highest BCUT2D eigenvalue weighted by Crippen LogP contribution is 2.29. The first-order chi connectivity index (χ1) is 11.5. The molecule has 0 aliphatic carbocycles. The first-order valence-corrected chi connectivity index (χ1v) is 8.09. The lowest BCUT2D eigenvalue weighted by Gasteiger charge is -2.36. The Morgan fingerprint density at radius 2 is 2.12 bits per heavy atom. The zero-order valence-electron chi connectivity index (χ0n) is 14.3. The van der Waals surface area contributed by atoms with Gasteiger partial charge in [0.1, 0.15) is 5.82 Å². The van der Waals surface area contributed by atoms with Gasteiger partial charge in [0, 0.05) is 24.8 Å². The first kappa shape index (κ1) is 16.6. The lowest BCUT2D eigenvalue weighted by molar-refractivity contribution is -0.139. The Morgan fingerprint density at radius 3 is 2.79 bits per heavy atom. The second-order valence-electron chi connectivity index (χ2n) is 6.15. The minimum atomic E-state index is -0.343. The molecule has 0 bridgehead atoms. The van der Waals surface area contributed by atoms with Gasteiger partial charge in [0.05, 0.1) is 31.4 Å². The molecule has 128 valence electrons. The number of morpholine rings is 1. The van der Waals surface area contributed by atoms with Crippen molar-refractivity contribution in [1.29, 1.82) is 0 Å². The van der Waals surface area contributed by atoms with Gasteiger partial charge in [0.25, 0.3) is 0 Å². The molecule has 6 heteroatoms. The topological polar surface area (TPSA) is 47.4 Å². The van der Waals surface area contributed by atoms with Crippen molar-refractivity contribution in [2.75, 3.05) is 19.8 Å². The van der Waals surface area contributed by atoms with Gasteiger partial charge in [-0.1, -0.05) is 18.2 Å². The Balaban J connectivity index is 1.87. The van der Waals surface area contributed by atoms with Crippen molar-refractivity contribution in [2.45, 2.75) is 26.3 Å². The molecule has 1 saturated heterocycles. The zero-order valence-corrected chi connectivity index (χ0v) is 14.3. The Morgan fingerprint density at radius 1 is 1.38 bits per heavy atom. The van der Waals surface area contributed by atoms with Gasteiger partial charge in [-0.25, -0.2) is 4.39 Å². The van der Waals surface area contributed by atoms with Gasteiger partial charge in [0.15, 0.2) is 0 Å². The van der Waals surface area contributed by atoms with E-state index >= 15 is 0 Å². The SMILES string of the molecule is Cc1nn(C)c(C)c1[C@@H]1COCCN1C(=O)Cc1ccccc1F. The minimum absolute atomic E-state index is 0.0571. The number of aromatic nitrogens is 2. The fourth-order valence-electron chi connectivity index (χ4n) is 3.32. The summed E-state index contributed by atoms with van der Waals surface area (Å²) in [5.74, 6) is -0.430. The molecule has 0 radical (unpaired) electrons. The van der Waals surface area contributed by atoms with Crippen molar-refractivity contribution in [3.63, 3.8) is 0 Å². The highest BCUT2D eigenvalue weighted by Gasteiger charge is 2.32. The van der Waals surface area contributed by atoms with E-state index in [0.717, 1.165) is 17.0 Å². The van der Waals surface area contributed by atoms with Crippen LogP contribution >= 0.6 is 0 Å². The summed E-state index contributed by atoms with van der Waals surface area (Å²) in [5, 5.41) is 4.44. The fourth-order valence-corrected chi connectivity index (χ4v) is 3.32. The first-order valence-electron chi connectivity index (χ1n) is 8.09. The molecule has 5 nitrogen and oxygen atoms in total. The predicted molar refractivity (Wildman–Crippen MR) is 88.1 cm³/mol. The summed E-state index contributed by atoms with van der Waals surface area (Å²) in [6.45, 7) is 5.37. The highest BCUT2D eigenvalue weighted by molar-refractivity contribution is 5.79. The second kappa shape index (κ2) is 6.73. The van der Waals surface area contributed by atoms with E-state index in [9.17, 15) is 9.18 Å². The van der Waals surface area contributed by atoms with Crippen LogP contribution in [0.5, 0.6) is 0 Å². The summed E-state index contributed by atoms with van der Waals surface area (Å²) >= 11 is 0. The van der Waals surface area contributed by atoms with Crippen LogP contribution in [-0.2, 0) is 23.0 Å². The van der Waals surface area contributed by atoms with Crippen molar-refractivity contribution in [3.05, 3.63) is 52.6 Å². The number of aryl methyl sites for hydroxylation is 2. The Kier molecular flexibility index (Phi) is 4.66. The van der Waals surface area contributed by atoms with Gasteiger partial charge in [-0.2, -0.15) is 5.10 Å². The van der Waals surface area contributed by atoms with Crippen LogP contribution < -0.4 is 0 Å². The van der Waals surface area contributed by atoms with Crippen LogP contribution in [0.2, 0.25) is 0 Å². The number of benzene rings is 1. The molecule has 0 spiro atoms. The number of hydrogen-bond acceptors (Lipinski definition) is 3. The number of halogens is 1. The normalized spacial score (nSPS) is 18.0. The van der Waals surface area contributed by atoms with Crippen molar-refractivity contribution >= 4 is 5.91 Å². The van der Waals surface area contributed by atoms with Gasteiger partial charge >= 0.3 is 0 Å². The number of ether oxygens (including phenoxy) is 1. The largest absolute Gasteiger partial charge is 0.377 e. The van der Waals surface area contributed by atoms with E-state index in [0.29, 0.717) is 25.3 Å². The number of amides is 1. The Hall–Kier alpha value is -2.21. The van der Waals surface area contributed by atoms with E-state index in [4.69, 9.17) is 4.74 Å². The third-order valence-electron chi connectivity index (χ3n) is 4.65. The molecular formula is C18H22FN3O2. The van der Waals surface area contributed by atoms with Crippen LogP contribution in [0.15, 0.2) is 24.3 Å². The van der Waals surface area contributed by atoms with Crippen LogP contribution in [0.3, 0.4) is 0 Å². The molecule has 1 aromatic heterocycles. The Labute approximate surface area is 141 Å². The summed E-state index contributed by atoms with van der Waals surface area (Å²) in [7, 11) is 1.89. The molecule has 24 heavy (non-hydrogen) atoms. The summed E-state index contributed by atoms with van der Waals surface area (Å²) in [6, 6.07) is 6.24. The maximum absolute atomic E-state index is 13.9. The molecule has 1 amide bonds. The van der Waals surface area contributed by atoms with Gasteiger partial charge in [-0.05, 0) is 25.5 Å². The van der Waals surface area contributed by atoms with E-state index < -0.39 is 0 Å². The molecule has 0 unspecified atom stereocenters. The van der Waals surface area contributed by atoms with E-state index in [1.165, 1.54) is 6.07 Å². The molecule has 3 rings (SSSR count). The molecule has 1 aliphatic rings. The van der Waals surface area contributed by atoms with Crippen molar-refractivity contribution < 1.29 is 13.9 Å². The van der Waals surface area contributed by atoms with Crippen LogP contribution in [0.1, 0.15) is 28.6 Å². The minimum Gasteiger partial charge on any atom is -0.377 e. The molecule has 0 saturated carbocycles. The molecule has 2 heterocycles. The van der Waals surface area contributed by atoms with E-state index in [1.54, 1.807) is 23.1 Å². The molecule has 1 aromatic carbocycles. The third-order valence-corrected chi connectivity index (χ3v) is 4.65. The lowest BCUT2D eigenvalue weighted by atomic mass is 10.0. The molecule has 0 N–H and O–H groups in total. The monoisotopic (exact) mass is 331 g/mol. The highest BCUT2D eigenvalue weighted by atomic mass is 19.1. The average molecular weight is 331 g/mol. The van der Waals surface area contributed by atoms with E-state index in [2.05, 4.69) is 5.10 Å². The van der Waals surface area contributed by atoms with Crippen LogP contribution in [0.25, 0.3) is 0 Å². The Bertz CT molecular complexity index is 757. The summed E-state index contributed by atoms with van der Waals surface area (Å²) < 4.78 is 21.3. The summed E-state index contributed by atoms with van der Waals surface area (Å²) in [4.78, 5) is 14.6. The molecule has 2 aromatic rings. The number of hydrogen-bond donors (Lipinski definition) is 0. The maximum Gasteiger partial charge on any atom is 0.227 e. The maximum atomic E-state index is 13.9. The summed E-state index contributed by atoms with van der Waals surface area (Å²) in [6.07, 6.45) is 0.0571. The molecule has 1 aliphatic heterocycles. The number of nitrogens with zero attached hydrogens (tertiary/aromatic N) is 3. The summed E-state index contributed by atoms with van der Waals surface area (Å²) in [5.41, 5.74) is 3.37. The molecular weight excluding hydrogens is 309 g/mol. The fraction of sp³-hybridized carbons (Fsp3) is 0.444. The zero-order chi connectivity index (χ0) is 17.3. The number of carbonyl (C=O) groups excluding carboxylic acids is 1. The standard InChI is InChI=1S/C18H22FN3O2/c1-12-18(13(2)21(3)20-12)16-11-24-9-8-22(16)17(23)10-14-6-4-5-7-15(14)19/h4-7,16H,8-11H2,1-3H3/t16-/m0/s1. The van der Waals surface area contributed by atoms with Gasteiger partial charge in [0.2, 0.25) is 5.91 Å². The second-order valence-corrected chi connectivity index (χ2v) is 6.15. The van der Waals surface area contributed by atoms with Crippen molar-refractivity contribution in [2.24, 2.45) is 7.05 Å². The van der Waals surface area contributed by atoms with Gasteiger partial charge < -0.3 is 9.64 Å². The van der Waals surface area contributed by atoms with E-state index in [1.807, 2.05) is 25.6 Å². The average Bonchev–Trinajstić information content (AvgIpc) is 2.82. The third kappa shape index (κ3) is 3.06. The van der Waals surface area contributed by atoms with Crippen molar-refractivity contribution in [1.82, 2.24) is 14.7 Å². The van der Waals surface area contributed by atoms with Crippen LogP contribution in [-0.4, -0.2) is 40.3 Å². The van der Waals surface area contributed by atoms with Crippen LogP contribution in [0, 0.1) is 19.7 Å². The lowest BCUT2D eigenvalue weighted by Crippen LogP contribution is -2.44. The molecule has 1 atom stereocenters. The molecule has 1 fully saturated rings. The van der Waals surface area contributed by atoms with Gasteiger partial charge in [-0.15, -0.1) is 0 Å². The predicted octanol–water partition coefficient (Wildman–Crippen LogP) is 2.32. The van der Waals surface area contributed by atoms with Crippen LogP contribution in [0.4, 0.5) is 4.39 Å². The quantitative estimate of drug-likeness (QED) is 0.867. The number of carbonyl (C=O) groups is 1. The number of rotatable bonds is 3. The van der Waals surface area contributed by atoms with Crippen molar-refractivity contribution in [3.8, 4) is 0 Å². The smallest absolute Gasteiger partial charge is 0.227 e.